The normalized spacial score (nSPS) is 10.6. The van der Waals surface area contributed by atoms with Crippen molar-refractivity contribution in [3.05, 3.63) is 23.9 Å². The third-order valence-electron chi connectivity index (χ3n) is 1.23. The van der Waals surface area contributed by atoms with E-state index >= 15 is 0 Å². The minimum absolute atomic E-state index is 0.310. The Morgan fingerprint density at radius 3 is 2.31 bits per heavy atom. The number of allylic oxidation sites excluding steroid dienone is 1. The second kappa shape index (κ2) is 5.30. The number of ether oxygens (including phenoxy) is 1. The number of carbonyl (C=O) groups excluding carboxylic acids is 1. The molecule has 72 valence electrons. The number of nitrogens with zero attached hydrogens (tertiary/aromatic N) is 1. The van der Waals surface area contributed by atoms with Gasteiger partial charge in [-0.15, -0.1) is 0 Å². The van der Waals surface area contributed by atoms with Gasteiger partial charge in [0.15, 0.2) is 0 Å². The number of esters is 1. The third kappa shape index (κ3) is 4.95. The fourth-order valence-corrected chi connectivity index (χ4v) is 0.827. The van der Waals surface area contributed by atoms with Gasteiger partial charge in [-0.25, -0.2) is 4.79 Å². The lowest BCUT2D eigenvalue weighted by atomic mass is 10.2. The van der Waals surface area contributed by atoms with Crippen LogP contribution in [0.5, 0.6) is 0 Å². The van der Waals surface area contributed by atoms with E-state index in [1.807, 2.05) is 13.8 Å². The first-order valence-corrected chi connectivity index (χ1v) is 3.94. The molecule has 0 radical (unpaired) electrons. The molecule has 0 fully saturated rings. The fourth-order valence-electron chi connectivity index (χ4n) is 0.827. The summed E-state index contributed by atoms with van der Waals surface area (Å²) in [6.07, 6.45) is 1.60. The predicted octanol–water partition coefficient (Wildman–Crippen LogP) is 2.10. The average Bonchev–Trinajstić information content (AvgIpc) is 2.01. The lowest BCUT2D eigenvalue weighted by Crippen LogP contribution is -2.01. The van der Waals surface area contributed by atoms with E-state index in [9.17, 15) is 4.79 Å². The van der Waals surface area contributed by atoms with Crippen molar-refractivity contribution in [2.45, 2.75) is 20.8 Å². The summed E-state index contributed by atoms with van der Waals surface area (Å²) < 4.78 is 4.49. The van der Waals surface area contributed by atoms with E-state index < -0.39 is 5.97 Å². The molecule has 0 N–H and O–H groups in total. The molecule has 3 nitrogen and oxygen atoms in total. The number of carbonyl (C=O) groups is 1. The van der Waals surface area contributed by atoms with Crippen LogP contribution >= 0.6 is 0 Å². The van der Waals surface area contributed by atoms with Crippen LogP contribution in [0.25, 0.3) is 0 Å². The molecule has 0 aromatic heterocycles. The van der Waals surface area contributed by atoms with Gasteiger partial charge in [0.2, 0.25) is 0 Å². The maximum atomic E-state index is 10.9. The first-order valence-electron chi connectivity index (χ1n) is 3.94. The second-order valence-electron chi connectivity index (χ2n) is 2.86. The highest BCUT2D eigenvalue weighted by Gasteiger charge is 2.02. The Bertz CT molecular complexity index is 271. The molecule has 0 spiro atoms. The second-order valence-corrected chi connectivity index (χ2v) is 2.86. The fraction of sp³-hybridized carbons (Fsp3) is 0.400. The summed E-state index contributed by atoms with van der Waals surface area (Å²) in [5, 5.41) is 0. The van der Waals surface area contributed by atoms with Gasteiger partial charge >= 0.3 is 5.97 Å². The Hall–Kier alpha value is -1.38. The zero-order chi connectivity index (χ0) is 10.4. The Kier molecular flexibility index (Phi) is 4.74. The van der Waals surface area contributed by atoms with Crippen LogP contribution in [0, 0.1) is 0 Å². The van der Waals surface area contributed by atoms with Crippen LogP contribution in [-0.4, -0.2) is 18.8 Å². The molecule has 0 atom stereocenters. The van der Waals surface area contributed by atoms with E-state index in [1.165, 1.54) is 7.11 Å². The SMILES string of the molecule is C=C(/C=C(/C)N=C(C)C)C(=O)OC. The lowest BCUT2D eigenvalue weighted by Gasteiger charge is -1.98. The van der Waals surface area contributed by atoms with E-state index in [2.05, 4.69) is 16.3 Å². The minimum atomic E-state index is -0.427. The number of hydrogen-bond donors (Lipinski definition) is 0. The van der Waals surface area contributed by atoms with Gasteiger partial charge in [-0.1, -0.05) is 6.58 Å². The maximum absolute atomic E-state index is 10.9. The summed E-state index contributed by atoms with van der Waals surface area (Å²) >= 11 is 0. The van der Waals surface area contributed by atoms with Gasteiger partial charge in [-0.2, -0.15) is 0 Å². The highest BCUT2D eigenvalue weighted by atomic mass is 16.5. The summed E-state index contributed by atoms with van der Waals surface area (Å²) in [7, 11) is 1.32. The lowest BCUT2D eigenvalue weighted by molar-refractivity contribution is -0.135. The van der Waals surface area contributed by atoms with Gasteiger partial charge in [0.05, 0.1) is 12.7 Å². The molecular formula is C10H15NO2. The molecule has 0 heterocycles. The zero-order valence-electron chi connectivity index (χ0n) is 8.55. The van der Waals surface area contributed by atoms with E-state index in [-0.39, 0.29) is 0 Å². The van der Waals surface area contributed by atoms with Crippen LogP contribution in [0.1, 0.15) is 20.8 Å². The van der Waals surface area contributed by atoms with Gasteiger partial charge in [0.1, 0.15) is 0 Å². The van der Waals surface area contributed by atoms with Crippen molar-refractivity contribution in [1.29, 1.82) is 0 Å². The molecule has 0 aliphatic rings. The predicted molar refractivity (Wildman–Crippen MR) is 53.7 cm³/mol. The molecule has 0 amide bonds. The Morgan fingerprint density at radius 1 is 1.38 bits per heavy atom. The molecule has 0 unspecified atom stereocenters. The minimum Gasteiger partial charge on any atom is -0.465 e. The Morgan fingerprint density at radius 2 is 1.92 bits per heavy atom. The van der Waals surface area contributed by atoms with Gasteiger partial charge in [0, 0.05) is 11.4 Å². The van der Waals surface area contributed by atoms with Crippen molar-refractivity contribution in [3.63, 3.8) is 0 Å². The van der Waals surface area contributed by atoms with Crippen molar-refractivity contribution in [2.75, 3.05) is 7.11 Å². The molecule has 0 saturated carbocycles. The third-order valence-corrected chi connectivity index (χ3v) is 1.23. The Labute approximate surface area is 78.8 Å². The van der Waals surface area contributed by atoms with Crippen LogP contribution in [0.2, 0.25) is 0 Å². The Balaban J connectivity index is 4.49. The van der Waals surface area contributed by atoms with E-state index in [4.69, 9.17) is 0 Å². The zero-order valence-corrected chi connectivity index (χ0v) is 8.55. The molecule has 0 rings (SSSR count). The molecule has 0 aliphatic carbocycles. The first-order chi connectivity index (χ1) is 5.97. The van der Waals surface area contributed by atoms with Crippen molar-refractivity contribution in [2.24, 2.45) is 4.99 Å². The van der Waals surface area contributed by atoms with Crippen LogP contribution in [0.15, 0.2) is 28.9 Å². The van der Waals surface area contributed by atoms with Crippen molar-refractivity contribution in [1.82, 2.24) is 0 Å². The summed E-state index contributed by atoms with van der Waals surface area (Å²) in [5.74, 6) is -0.427. The monoisotopic (exact) mass is 181 g/mol. The van der Waals surface area contributed by atoms with Crippen LogP contribution < -0.4 is 0 Å². The smallest absolute Gasteiger partial charge is 0.337 e. The number of methoxy groups -OCH3 is 1. The quantitative estimate of drug-likeness (QED) is 0.289. The van der Waals surface area contributed by atoms with Gasteiger partial charge in [0.25, 0.3) is 0 Å². The van der Waals surface area contributed by atoms with E-state index in [1.54, 1.807) is 13.0 Å². The summed E-state index contributed by atoms with van der Waals surface area (Å²) in [5.41, 5.74) is 1.99. The number of hydrogen-bond acceptors (Lipinski definition) is 3. The topological polar surface area (TPSA) is 38.7 Å². The highest BCUT2D eigenvalue weighted by Crippen LogP contribution is 2.03. The molecular weight excluding hydrogens is 166 g/mol. The number of rotatable bonds is 3. The summed E-state index contributed by atoms with van der Waals surface area (Å²) in [6.45, 7) is 9.13. The van der Waals surface area contributed by atoms with Crippen LogP contribution in [0.3, 0.4) is 0 Å². The van der Waals surface area contributed by atoms with Gasteiger partial charge < -0.3 is 4.74 Å². The van der Waals surface area contributed by atoms with E-state index in [0.717, 1.165) is 11.4 Å². The summed E-state index contributed by atoms with van der Waals surface area (Å²) in [6, 6.07) is 0. The van der Waals surface area contributed by atoms with Crippen molar-refractivity contribution >= 4 is 11.7 Å². The highest BCUT2D eigenvalue weighted by molar-refractivity contribution is 5.91. The largest absolute Gasteiger partial charge is 0.465 e. The van der Waals surface area contributed by atoms with Crippen molar-refractivity contribution < 1.29 is 9.53 Å². The van der Waals surface area contributed by atoms with Crippen LogP contribution in [-0.2, 0) is 9.53 Å². The van der Waals surface area contributed by atoms with E-state index in [0.29, 0.717) is 5.57 Å². The standard InChI is InChI=1S/C10H15NO2/c1-7(2)11-9(4)6-8(3)10(12)13-5/h6H,3H2,1-2,4-5H3/b9-6-. The maximum Gasteiger partial charge on any atom is 0.337 e. The molecule has 0 aromatic carbocycles. The molecule has 3 heteroatoms. The number of aliphatic imine (C=N–C) groups is 1. The van der Waals surface area contributed by atoms with Gasteiger partial charge in [-0.05, 0) is 26.8 Å². The average molecular weight is 181 g/mol. The van der Waals surface area contributed by atoms with Crippen LogP contribution in [0.4, 0.5) is 0 Å². The summed E-state index contributed by atoms with van der Waals surface area (Å²) in [4.78, 5) is 15.1. The molecule has 13 heavy (non-hydrogen) atoms. The molecule has 0 aromatic rings. The first kappa shape index (κ1) is 11.6. The molecule has 0 bridgehead atoms. The molecule has 0 aliphatic heterocycles. The molecule has 0 saturated heterocycles. The van der Waals surface area contributed by atoms with Crippen molar-refractivity contribution in [3.8, 4) is 0 Å². The van der Waals surface area contributed by atoms with Gasteiger partial charge in [-0.3, -0.25) is 4.99 Å².